The van der Waals surface area contributed by atoms with Crippen LogP contribution in [0.5, 0.6) is 5.75 Å². The molecule has 0 radical (unpaired) electrons. The third kappa shape index (κ3) is 5.74. The van der Waals surface area contributed by atoms with Gasteiger partial charge in [0.05, 0.1) is 16.7 Å². The lowest BCUT2D eigenvalue weighted by Crippen LogP contribution is -2.17. The molecule has 0 fully saturated rings. The Balaban J connectivity index is 1.71. The molecular formula is C22H16ClN3O5. The van der Waals surface area contributed by atoms with Gasteiger partial charge < -0.3 is 4.74 Å². The molecule has 0 atom stereocenters. The van der Waals surface area contributed by atoms with Gasteiger partial charge in [-0.15, -0.1) is 0 Å². The van der Waals surface area contributed by atoms with Crippen LogP contribution in [0.25, 0.3) is 0 Å². The average molecular weight is 438 g/mol. The van der Waals surface area contributed by atoms with Crippen LogP contribution in [-0.2, 0) is 0 Å². The monoisotopic (exact) mass is 437 g/mol. The van der Waals surface area contributed by atoms with E-state index in [0.717, 1.165) is 5.56 Å². The van der Waals surface area contributed by atoms with Crippen LogP contribution in [0.1, 0.15) is 31.8 Å². The molecule has 0 spiro atoms. The van der Waals surface area contributed by atoms with Gasteiger partial charge in [0.1, 0.15) is 5.75 Å². The van der Waals surface area contributed by atoms with Gasteiger partial charge in [-0.3, -0.25) is 14.9 Å². The molecule has 0 saturated heterocycles. The summed E-state index contributed by atoms with van der Waals surface area (Å²) in [5, 5.41) is 14.9. The van der Waals surface area contributed by atoms with Gasteiger partial charge in [0, 0.05) is 28.3 Å². The van der Waals surface area contributed by atoms with E-state index in [-0.39, 0.29) is 17.0 Å². The van der Waals surface area contributed by atoms with Gasteiger partial charge in [-0.05, 0) is 49.4 Å². The Bertz CT molecular complexity index is 1160. The highest BCUT2D eigenvalue weighted by molar-refractivity contribution is 6.31. The molecule has 0 bridgehead atoms. The molecule has 31 heavy (non-hydrogen) atoms. The Morgan fingerprint density at radius 3 is 2.32 bits per heavy atom. The molecule has 0 aliphatic heterocycles. The summed E-state index contributed by atoms with van der Waals surface area (Å²) in [5.74, 6) is -0.901. The predicted molar refractivity (Wildman–Crippen MR) is 116 cm³/mol. The van der Waals surface area contributed by atoms with Crippen molar-refractivity contribution in [1.29, 1.82) is 0 Å². The summed E-state index contributed by atoms with van der Waals surface area (Å²) in [4.78, 5) is 34.7. The van der Waals surface area contributed by atoms with Crippen molar-refractivity contribution in [3.8, 4) is 5.75 Å². The molecule has 3 rings (SSSR count). The zero-order valence-electron chi connectivity index (χ0n) is 16.2. The number of hydrogen-bond donors (Lipinski definition) is 1. The molecule has 0 aliphatic rings. The van der Waals surface area contributed by atoms with Crippen LogP contribution in [0.2, 0.25) is 5.02 Å². The van der Waals surface area contributed by atoms with Crippen molar-refractivity contribution in [2.75, 3.05) is 0 Å². The number of aryl methyl sites for hydroxylation is 1. The van der Waals surface area contributed by atoms with Crippen molar-refractivity contribution in [3.05, 3.63) is 104 Å². The SMILES string of the molecule is Cc1ccc(C(=O)Oc2ccc(Cl)cc2/C=N/NC(=O)c2ccc([N+](=O)[O-])cc2)cc1. The summed E-state index contributed by atoms with van der Waals surface area (Å²) in [7, 11) is 0. The second-order valence-electron chi connectivity index (χ2n) is 6.44. The minimum Gasteiger partial charge on any atom is -0.422 e. The van der Waals surface area contributed by atoms with Gasteiger partial charge in [-0.25, -0.2) is 10.2 Å². The first-order chi connectivity index (χ1) is 14.8. The Kier molecular flexibility index (Phi) is 6.74. The highest BCUT2D eigenvalue weighted by Crippen LogP contribution is 2.22. The summed E-state index contributed by atoms with van der Waals surface area (Å²) >= 11 is 6.02. The number of ether oxygens (including phenoxy) is 1. The molecule has 9 heteroatoms. The number of nitro benzene ring substituents is 1. The van der Waals surface area contributed by atoms with Gasteiger partial charge in [-0.1, -0.05) is 29.3 Å². The lowest BCUT2D eigenvalue weighted by Gasteiger charge is -2.08. The van der Waals surface area contributed by atoms with Gasteiger partial charge >= 0.3 is 5.97 Å². The maximum Gasteiger partial charge on any atom is 0.343 e. The number of halogens is 1. The van der Waals surface area contributed by atoms with Gasteiger partial charge in [0.25, 0.3) is 11.6 Å². The fourth-order valence-electron chi connectivity index (χ4n) is 2.52. The fraction of sp³-hybridized carbons (Fsp3) is 0.0455. The molecule has 1 N–H and O–H groups in total. The summed E-state index contributed by atoms with van der Waals surface area (Å²) in [6.07, 6.45) is 1.28. The van der Waals surface area contributed by atoms with Crippen LogP contribution < -0.4 is 10.2 Å². The maximum atomic E-state index is 12.4. The molecule has 3 aromatic carbocycles. The summed E-state index contributed by atoms with van der Waals surface area (Å²) in [6.45, 7) is 1.91. The van der Waals surface area contributed by atoms with Crippen LogP contribution >= 0.6 is 11.6 Å². The summed E-state index contributed by atoms with van der Waals surface area (Å²) in [6, 6.07) is 16.6. The van der Waals surface area contributed by atoms with Crippen molar-refractivity contribution in [3.63, 3.8) is 0 Å². The minimum atomic E-state index is -0.564. The largest absolute Gasteiger partial charge is 0.422 e. The maximum absolute atomic E-state index is 12.4. The summed E-state index contributed by atoms with van der Waals surface area (Å²) in [5.41, 5.74) is 4.15. The number of hydrogen-bond acceptors (Lipinski definition) is 6. The number of hydrazone groups is 1. The number of nitrogens with one attached hydrogen (secondary N) is 1. The number of esters is 1. The van der Waals surface area contributed by atoms with E-state index in [1.165, 1.54) is 42.6 Å². The van der Waals surface area contributed by atoms with Crippen molar-refractivity contribution in [2.45, 2.75) is 6.92 Å². The Morgan fingerprint density at radius 1 is 1.03 bits per heavy atom. The van der Waals surface area contributed by atoms with Crippen molar-refractivity contribution in [2.24, 2.45) is 5.10 Å². The Morgan fingerprint density at radius 2 is 1.68 bits per heavy atom. The quantitative estimate of drug-likeness (QED) is 0.200. The van der Waals surface area contributed by atoms with Crippen LogP contribution in [0, 0.1) is 17.0 Å². The van der Waals surface area contributed by atoms with E-state index in [2.05, 4.69) is 10.5 Å². The molecule has 1 amide bonds. The first-order valence-corrected chi connectivity index (χ1v) is 9.37. The van der Waals surface area contributed by atoms with E-state index in [9.17, 15) is 19.7 Å². The van der Waals surface area contributed by atoms with Crippen molar-refractivity contribution >= 4 is 35.4 Å². The first kappa shape index (κ1) is 21.7. The molecule has 156 valence electrons. The van der Waals surface area contributed by atoms with Crippen LogP contribution in [0.4, 0.5) is 5.69 Å². The van der Waals surface area contributed by atoms with Crippen LogP contribution in [0.15, 0.2) is 71.8 Å². The number of carbonyl (C=O) groups excluding carboxylic acids is 2. The normalized spacial score (nSPS) is 10.6. The number of amides is 1. The summed E-state index contributed by atoms with van der Waals surface area (Å²) < 4.78 is 5.44. The number of carbonyl (C=O) groups is 2. The van der Waals surface area contributed by atoms with Gasteiger partial charge in [0.15, 0.2) is 0 Å². The zero-order valence-corrected chi connectivity index (χ0v) is 17.0. The topological polar surface area (TPSA) is 111 Å². The van der Waals surface area contributed by atoms with E-state index in [0.29, 0.717) is 16.1 Å². The Hall–Kier alpha value is -4.04. The average Bonchev–Trinajstić information content (AvgIpc) is 2.76. The second-order valence-corrected chi connectivity index (χ2v) is 6.88. The molecule has 0 aliphatic carbocycles. The number of nitrogens with zero attached hydrogens (tertiary/aromatic N) is 2. The van der Waals surface area contributed by atoms with Crippen molar-refractivity contribution < 1.29 is 19.2 Å². The molecule has 0 saturated carbocycles. The molecule has 0 aromatic heterocycles. The smallest absolute Gasteiger partial charge is 0.343 e. The molecule has 8 nitrogen and oxygen atoms in total. The molecular weight excluding hydrogens is 422 g/mol. The molecule has 0 unspecified atom stereocenters. The molecule has 0 heterocycles. The zero-order chi connectivity index (χ0) is 22.4. The Labute approximate surface area is 182 Å². The third-order valence-corrected chi connectivity index (χ3v) is 4.41. The standard InChI is InChI=1S/C22H16ClN3O5/c1-14-2-4-16(5-3-14)22(28)31-20-11-8-18(23)12-17(20)13-24-25-21(27)15-6-9-19(10-7-15)26(29)30/h2-13H,1H3,(H,25,27)/b24-13+. The van der Waals surface area contributed by atoms with Gasteiger partial charge in [-0.2, -0.15) is 5.10 Å². The lowest BCUT2D eigenvalue weighted by molar-refractivity contribution is -0.384. The fourth-order valence-corrected chi connectivity index (χ4v) is 2.70. The van der Waals surface area contributed by atoms with Crippen LogP contribution in [0.3, 0.4) is 0 Å². The highest BCUT2D eigenvalue weighted by atomic mass is 35.5. The lowest BCUT2D eigenvalue weighted by atomic mass is 10.1. The highest BCUT2D eigenvalue weighted by Gasteiger charge is 2.12. The minimum absolute atomic E-state index is 0.126. The van der Waals surface area contributed by atoms with E-state index in [1.54, 1.807) is 30.3 Å². The first-order valence-electron chi connectivity index (χ1n) is 9.00. The number of nitro groups is 1. The second kappa shape index (κ2) is 9.64. The molecule has 3 aromatic rings. The third-order valence-electron chi connectivity index (χ3n) is 4.17. The predicted octanol–water partition coefficient (Wildman–Crippen LogP) is 4.54. The number of benzene rings is 3. The van der Waals surface area contributed by atoms with E-state index in [4.69, 9.17) is 16.3 Å². The number of non-ortho nitro benzene ring substituents is 1. The van der Waals surface area contributed by atoms with E-state index in [1.807, 2.05) is 6.92 Å². The van der Waals surface area contributed by atoms with E-state index < -0.39 is 16.8 Å². The van der Waals surface area contributed by atoms with Gasteiger partial charge in [0.2, 0.25) is 0 Å². The van der Waals surface area contributed by atoms with Crippen molar-refractivity contribution in [1.82, 2.24) is 5.43 Å². The van der Waals surface area contributed by atoms with E-state index >= 15 is 0 Å². The van der Waals surface area contributed by atoms with Crippen LogP contribution in [-0.4, -0.2) is 23.0 Å². The number of rotatable bonds is 6.